The molecule has 1 fully saturated rings. The summed E-state index contributed by atoms with van der Waals surface area (Å²) in [6.07, 6.45) is 0. The Balaban J connectivity index is 2.44. The molecule has 152 valence electrons. The van der Waals surface area contributed by atoms with E-state index in [0.717, 1.165) is 16.8 Å². The number of para-hydroxylation sites is 1. The molecule has 2 rings (SSSR count). The summed E-state index contributed by atoms with van der Waals surface area (Å²) in [6, 6.07) is 5.77. The Bertz CT molecular complexity index is 686. The third-order valence-electron chi connectivity index (χ3n) is 7.16. The van der Waals surface area contributed by atoms with Crippen LogP contribution < -0.4 is 5.32 Å². The summed E-state index contributed by atoms with van der Waals surface area (Å²) < 4.78 is 6.53. The quantitative estimate of drug-likeness (QED) is 0.802. The topological polar surface area (TPSA) is 41.6 Å². The van der Waals surface area contributed by atoms with Gasteiger partial charge in [-0.25, -0.2) is 0 Å². The molecule has 27 heavy (non-hydrogen) atoms. The number of anilines is 1. The van der Waals surface area contributed by atoms with Crippen LogP contribution in [-0.4, -0.2) is 39.1 Å². The summed E-state index contributed by atoms with van der Waals surface area (Å²) in [5.74, 6) is 0.0158. The van der Waals surface area contributed by atoms with E-state index in [0.29, 0.717) is 0 Å². The van der Waals surface area contributed by atoms with Gasteiger partial charge in [-0.15, -0.1) is 0 Å². The van der Waals surface area contributed by atoms with E-state index in [9.17, 15) is 4.79 Å². The first-order chi connectivity index (χ1) is 12.1. The van der Waals surface area contributed by atoms with Gasteiger partial charge in [-0.2, -0.15) is 0 Å². The zero-order valence-corrected chi connectivity index (χ0v) is 19.1. The lowest BCUT2D eigenvalue weighted by Crippen LogP contribution is -2.79. The Hall–Kier alpha value is -1.39. The Kier molecular flexibility index (Phi) is 5.35. The van der Waals surface area contributed by atoms with Crippen molar-refractivity contribution in [3.63, 3.8) is 0 Å². The van der Waals surface area contributed by atoms with E-state index in [4.69, 9.17) is 4.74 Å². The van der Waals surface area contributed by atoms with E-state index in [2.05, 4.69) is 65.6 Å². The van der Waals surface area contributed by atoms with Gasteiger partial charge in [0.25, 0.3) is 0 Å². The summed E-state index contributed by atoms with van der Waals surface area (Å²) in [5.41, 5.74) is 1.61. The van der Waals surface area contributed by atoms with Crippen molar-refractivity contribution in [2.45, 2.75) is 104 Å². The molecule has 1 saturated heterocycles. The SMILES string of the molecule is Cc1cccc(C)c1NC(=O)C(C)N1C(C)(C)C(C)(C)OC(C)(C)C1(C)C. The molecular weight excluding hydrogens is 336 g/mol. The predicted octanol–water partition coefficient (Wildman–Crippen LogP) is 5.08. The van der Waals surface area contributed by atoms with Crippen molar-refractivity contribution in [1.82, 2.24) is 4.90 Å². The number of aryl methyl sites for hydroxylation is 2. The first-order valence-electron chi connectivity index (χ1n) is 9.93. The Morgan fingerprint density at radius 3 is 1.74 bits per heavy atom. The zero-order chi connectivity index (χ0) is 21.0. The van der Waals surface area contributed by atoms with Crippen LogP contribution in [0.25, 0.3) is 0 Å². The summed E-state index contributed by atoms with van der Waals surface area (Å²) >= 11 is 0. The number of benzene rings is 1. The monoisotopic (exact) mass is 374 g/mol. The third-order valence-corrected chi connectivity index (χ3v) is 7.16. The molecule has 1 aliphatic heterocycles. The standard InChI is InChI=1S/C23H38N2O2/c1-15-13-12-14-16(2)18(15)24-19(26)17(3)25-20(4,5)22(8,9)27-23(10,11)21(25,6)7/h12-14,17H,1-11H3,(H,24,26). The number of carbonyl (C=O) groups excluding carboxylic acids is 1. The second-order valence-corrected chi connectivity index (χ2v) is 10.0. The number of amides is 1. The molecule has 0 bridgehead atoms. The van der Waals surface area contributed by atoms with Crippen LogP contribution in [0.4, 0.5) is 5.69 Å². The Morgan fingerprint density at radius 2 is 1.33 bits per heavy atom. The highest BCUT2D eigenvalue weighted by molar-refractivity contribution is 5.96. The van der Waals surface area contributed by atoms with Gasteiger partial charge in [0.15, 0.2) is 0 Å². The van der Waals surface area contributed by atoms with E-state index in [1.165, 1.54) is 0 Å². The van der Waals surface area contributed by atoms with Crippen molar-refractivity contribution in [2.24, 2.45) is 0 Å². The number of rotatable bonds is 3. The van der Waals surface area contributed by atoms with E-state index >= 15 is 0 Å². The van der Waals surface area contributed by atoms with Crippen LogP contribution in [0.15, 0.2) is 18.2 Å². The summed E-state index contributed by atoms with van der Waals surface area (Å²) in [6.45, 7) is 23.2. The number of ether oxygens (including phenoxy) is 1. The average Bonchev–Trinajstić information content (AvgIpc) is 2.48. The fraction of sp³-hybridized carbons (Fsp3) is 0.696. The van der Waals surface area contributed by atoms with E-state index in [1.807, 2.05) is 39.0 Å². The summed E-state index contributed by atoms with van der Waals surface area (Å²) in [7, 11) is 0. The first kappa shape index (κ1) is 21.9. The molecule has 0 radical (unpaired) electrons. The van der Waals surface area contributed by atoms with Gasteiger partial charge in [0.1, 0.15) is 0 Å². The Labute approximate surface area is 165 Å². The number of hydrogen-bond donors (Lipinski definition) is 1. The van der Waals surface area contributed by atoms with E-state index in [1.54, 1.807) is 0 Å². The number of nitrogens with zero attached hydrogens (tertiary/aromatic N) is 1. The van der Waals surface area contributed by atoms with Crippen LogP contribution in [0.2, 0.25) is 0 Å². The van der Waals surface area contributed by atoms with Crippen LogP contribution >= 0.6 is 0 Å². The molecule has 0 saturated carbocycles. The number of hydrogen-bond acceptors (Lipinski definition) is 3. The largest absolute Gasteiger partial charge is 0.366 e. The molecule has 1 amide bonds. The van der Waals surface area contributed by atoms with Crippen LogP contribution in [0, 0.1) is 13.8 Å². The van der Waals surface area contributed by atoms with Crippen LogP contribution in [0.5, 0.6) is 0 Å². The van der Waals surface area contributed by atoms with Crippen molar-refractivity contribution in [1.29, 1.82) is 0 Å². The minimum absolute atomic E-state index is 0.0158. The van der Waals surface area contributed by atoms with Crippen molar-refractivity contribution in [3.05, 3.63) is 29.3 Å². The highest BCUT2D eigenvalue weighted by Gasteiger charge is 2.62. The Morgan fingerprint density at radius 1 is 0.926 bits per heavy atom. The highest BCUT2D eigenvalue weighted by Crippen LogP contribution is 2.50. The molecule has 0 spiro atoms. The third kappa shape index (κ3) is 3.42. The lowest BCUT2D eigenvalue weighted by atomic mass is 9.70. The second kappa shape index (κ2) is 6.59. The van der Waals surface area contributed by atoms with Crippen LogP contribution in [-0.2, 0) is 9.53 Å². The number of morpholine rings is 1. The van der Waals surface area contributed by atoms with Gasteiger partial charge in [-0.05, 0) is 87.3 Å². The molecule has 0 aromatic heterocycles. The minimum Gasteiger partial charge on any atom is -0.366 e. The van der Waals surface area contributed by atoms with Crippen molar-refractivity contribution in [2.75, 3.05) is 5.32 Å². The van der Waals surface area contributed by atoms with Crippen LogP contribution in [0.1, 0.15) is 73.4 Å². The van der Waals surface area contributed by atoms with Gasteiger partial charge in [-0.1, -0.05) is 18.2 Å². The molecule has 1 atom stereocenters. The molecule has 0 aliphatic carbocycles. The smallest absolute Gasteiger partial charge is 0.241 e. The molecule has 4 heteroatoms. The van der Waals surface area contributed by atoms with Crippen molar-refractivity contribution < 1.29 is 9.53 Å². The molecule has 1 aromatic carbocycles. The maximum atomic E-state index is 13.3. The molecule has 1 aliphatic rings. The predicted molar refractivity (Wildman–Crippen MR) is 113 cm³/mol. The normalized spacial score (nSPS) is 24.3. The van der Waals surface area contributed by atoms with Gasteiger partial charge in [-0.3, -0.25) is 9.69 Å². The van der Waals surface area contributed by atoms with Gasteiger partial charge in [0.2, 0.25) is 5.91 Å². The van der Waals surface area contributed by atoms with E-state index in [-0.39, 0.29) is 23.0 Å². The highest BCUT2D eigenvalue weighted by atomic mass is 16.5. The van der Waals surface area contributed by atoms with Gasteiger partial charge in [0.05, 0.1) is 17.2 Å². The fourth-order valence-corrected chi connectivity index (χ4v) is 4.49. The van der Waals surface area contributed by atoms with Crippen LogP contribution in [0.3, 0.4) is 0 Å². The molecule has 4 nitrogen and oxygen atoms in total. The van der Waals surface area contributed by atoms with E-state index < -0.39 is 11.2 Å². The molecule has 1 aromatic rings. The lowest BCUT2D eigenvalue weighted by molar-refractivity contribution is -0.297. The molecule has 1 unspecified atom stereocenters. The fourth-order valence-electron chi connectivity index (χ4n) is 4.49. The van der Waals surface area contributed by atoms with Crippen molar-refractivity contribution in [3.8, 4) is 0 Å². The van der Waals surface area contributed by atoms with Crippen molar-refractivity contribution >= 4 is 11.6 Å². The maximum absolute atomic E-state index is 13.3. The number of carbonyl (C=O) groups is 1. The van der Waals surface area contributed by atoms with Gasteiger partial charge < -0.3 is 10.1 Å². The summed E-state index contributed by atoms with van der Waals surface area (Å²) in [5, 5.41) is 3.18. The average molecular weight is 375 g/mol. The first-order valence-corrected chi connectivity index (χ1v) is 9.93. The summed E-state index contributed by atoms with van der Waals surface area (Å²) in [4.78, 5) is 15.7. The van der Waals surface area contributed by atoms with Gasteiger partial charge in [0, 0.05) is 16.8 Å². The minimum atomic E-state index is -0.404. The molecular formula is C23H38N2O2. The van der Waals surface area contributed by atoms with Gasteiger partial charge >= 0.3 is 0 Å². The lowest BCUT2D eigenvalue weighted by Gasteiger charge is -2.67. The second-order valence-electron chi connectivity index (χ2n) is 10.0. The maximum Gasteiger partial charge on any atom is 0.241 e. The molecule has 1 heterocycles. The zero-order valence-electron chi connectivity index (χ0n) is 19.1. The molecule has 1 N–H and O–H groups in total. The number of nitrogens with one attached hydrogen (secondary N) is 1.